The van der Waals surface area contributed by atoms with Crippen molar-refractivity contribution in [1.82, 2.24) is 10.2 Å². The van der Waals surface area contributed by atoms with Crippen molar-refractivity contribution in [2.45, 2.75) is 50.7 Å². The van der Waals surface area contributed by atoms with Gasteiger partial charge < -0.3 is 10.2 Å². The monoisotopic (exact) mass is 394 g/mol. The smallest absolute Gasteiger partial charge is 0.356 e. The standard InChI is InChI=1S/C21H25F3N2O2/c22-21(23,24)17-3-1-2-15(10-17)18-9-8-16(19(27)25-11-13-4-5-13)12-26(18)20(28)14-6-7-14/h1-3,10,13-14,16,18H,4-9,11-12H2,(H,25,27)/t16-,18+/m1/s1. The van der Waals surface area contributed by atoms with Crippen LogP contribution in [0.1, 0.15) is 55.7 Å². The lowest BCUT2D eigenvalue weighted by atomic mass is 9.87. The largest absolute Gasteiger partial charge is 0.416 e. The Labute approximate surface area is 162 Å². The van der Waals surface area contributed by atoms with Crippen LogP contribution in [0.3, 0.4) is 0 Å². The summed E-state index contributed by atoms with van der Waals surface area (Å²) in [4.78, 5) is 27.0. The fourth-order valence-corrected chi connectivity index (χ4v) is 3.97. The lowest BCUT2D eigenvalue weighted by molar-refractivity contribution is -0.140. The van der Waals surface area contributed by atoms with Gasteiger partial charge >= 0.3 is 6.18 Å². The SMILES string of the molecule is O=C(NCC1CC1)[C@@H]1CC[C@@H](c2cccc(C(F)(F)F)c2)N(C(=O)C2CC2)C1. The number of carbonyl (C=O) groups is 2. The van der Waals surface area contributed by atoms with E-state index in [9.17, 15) is 22.8 Å². The molecular formula is C21H25F3N2O2. The molecule has 3 aliphatic rings. The molecule has 2 saturated carbocycles. The van der Waals surface area contributed by atoms with Crippen LogP contribution < -0.4 is 5.32 Å². The Bertz CT molecular complexity index is 756. The summed E-state index contributed by atoms with van der Waals surface area (Å²) in [6, 6.07) is 4.84. The number of nitrogens with one attached hydrogen (secondary N) is 1. The highest BCUT2D eigenvalue weighted by Gasteiger charge is 2.42. The second-order valence-electron chi connectivity index (χ2n) is 8.37. The first-order chi connectivity index (χ1) is 13.3. The van der Waals surface area contributed by atoms with E-state index in [0.29, 0.717) is 30.9 Å². The highest BCUT2D eigenvalue weighted by Crippen LogP contribution is 2.40. The zero-order valence-electron chi connectivity index (χ0n) is 15.7. The summed E-state index contributed by atoms with van der Waals surface area (Å²) < 4.78 is 39.4. The summed E-state index contributed by atoms with van der Waals surface area (Å²) in [6.45, 7) is 0.968. The summed E-state index contributed by atoms with van der Waals surface area (Å²) in [7, 11) is 0. The van der Waals surface area contributed by atoms with Gasteiger partial charge in [0.2, 0.25) is 11.8 Å². The van der Waals surface area contributed by atoms with Crippen LogP contribution in [0.2, 0.25) is 0 Å². The van der Waals surface area contributed by atoms with E-state index in [-0.39, 0.29) is 30.2 Å². The summed E-state index contributed by atoms with van der Waals surface area (Å²) in [5, 5.41) is 2.98. The van der Waals surface area contributed by atoms with E-state index in [1.807, 2.05) is 0 Å². The van der Waals surface area contributed by atoms with E-state index in [2.05, 4.69) is 5.32 Å². The third-order valence-electron chi connectivity index (χ3n) is 6.02. The van der Waals surface area contributed by atoms with Crippen LogP contribution in [0.25, 0.3) is 0 Å². The van der Waals surface area contributed by atoms with Crippen molar-refractivity contribution in [2.75, 3.05) is 13.1 Å². The number of piperidine rings is 1. The second kappa shape index (κ2) is 7.41. The molecule has 1 aromatic rings. The van der Waals surface area contributed by atoms with Crippen molar-refractivity contribution >= 4 is 11.8 Å². The number of hydrogen-bond donors (Lipinski definition) is 1. The first-order valence-electron chi connectivity index (χ1n) is 10.1. The van der Waals surface area contributed by atoms with Gasteiger partial charge in [-0.15, -0.1) is 0 Å². The van der Waals surface area contributed by atoms with Gasteiger partial charge in [-0.1, -0.05) is 12.1 Å². The predicted octanol–water partition coefficient (Wildman–Crippen LogP) is 3.92. The zero-order chi connectivity index (χ0) is 19.9. The number of amides is 2. The van der Waals surface area contributed by atoms with Crippen molar-refractivity contribution in [1.29, 1.82) is 0 Å². The van der Waals surface area contributed by atoms with Gasteiger partial charge in [0.15, 0.2) is 0 Å². The van der Waals surface area contributed by atoms with Gasteiger partial charge in [-0.2, -0.15) is 13.2 Å². The molecule has 1 aromatic carbocycles. The molecule has 2 aliphatic carbocycles. The Morgan fingerprint density at radius 1 is 1.04 bits per heavy atom. The van der Waals surface area contributed by atoms with Crippen LogP contribution >= 0.6 is 0 Å². The average molecular weight is 394 g/mol. The number of rotatable bonds is 5. The number of benzene rings is 1. The Kier molecular flexibility index (Phi) is 5.10. The number of alkyl halides is 3. The minimum atomic E-state index is -4.42. The summed E-state index contributed by atoms with van der Waals surface area (Å²) in [5.74, 6) is 0.185. The zero-order valence-corrected chi connectivity index (χ0v) is 15.7. The summed E-state index contributed by atoms with van der Waals surface area (Å²) >= 11 is 0. The molecule has 3 fully saturated rings. The first kappa shape index (κ1) is 19.3. The number of hydrogen-bond acceptors (Lipinski definition) is 2. The van der Waals surface area contributed by atoms with E-state index >= 15 is 0 Å². The maximum absolute atomic E-state index is 13.1. The van der Waals surface area contributed by atoms with E-state index in [1.54, 1.807) is 11.0 Å². The molecule has 1 saturated heterocycles. The van der Waals surface area contributed by atoms with Crippen LogP contribution in [-0.2, 0) is 15.8 Å². The highest BCUT2D eigenvalue weighted by atomic mass is 19.4. The van der Waals surface area contributed by atoms with E-state index in [0.717, 1.165) is 37.8 Å². The Hall–Kier alpha value is -2.05. The van der Waals surface area contributed by atoms with Crippen LogP contribution in [-0.4, -0.2) is 29.8 Å². The summed E-state index contributed by atoms with van der Waals surface area (Å²) in [6.07, 6.45) is 0.602. The third kappa shape index (κ3) is 4.33. The number of likely N-dealkylation sites (tertiary alicyclic amines) is 1. The molecule has 1 heterocycles. The molecule has 1 N–H and O–H groups in total. The Balaban J connectivity index is 1.51. The second-order valence-corrected chi connectivity index (χ2v) is 8.37. The molecule has 28 heavy (non-hydrogen) atoms. The molecule has 0 unspecified atom stereocenters. The molecule has 4 nitrogen and oxygen atoms in total. The molecule has 0 bridgehead atoms. The maximum Gasteiger partial charge on any atom is 0.416 e. The minimum absolute atomic E-state index is 0.0258. The fraction of sp³-hybridized carbons (Fsp3) is 0.619. The van der Waals surface area contributed by atoms with Crippen LogP contribution in [0, 0.1) is 17.8 Å². The quantitative estimate of drug-likeness (QED) is 0.823. The highest BCUT2D eigenvalue weighted by molar-refractivity contribution is 5.84. The van der Waals surface area contributed by atoms with Gasteiger partial charge in [0.25, 0.3) is 0 Å². The molecule has 7 heteroatoms. The van der Waals surface area contributed by atoms with E-state index in [4.69, 9.17) is 0 Å². The maximum atomic E-state index is 13.1. The normalized spacial score (nSPS) is 25.5. The van der Waals surface area contributed by atoms with Gasteiger partial charge in [0.1, 0.15) is 0 Å². The van der Waals surface area contributed by atoms with Crippen molar-refractivity contribution in [3.8, 4) is 0 Å². The van der Waals surface area contributed by atoms with Gasteiger partial charge in [-0.3, -0.25) is 9.59 Å². The van der Waals surface area contributed by atoms with Gasteiger partial charge in [-0.25, -0.2) is 0 Å². The van der Waals surface area contributed by atoms with Crippen LogP contribution in [0.5, 0.6) is 0 Å². The molecule has 4 rings (SSSR count). The van der Waals surface area contributed by atoms with Crippen molar-refractivity contribution in [2.24, 2.45) is 17.8 Å². The minimum Gasteiger partial charge on any atom is -0.356 e. The van der Waals surface area contributed by atoms with Crippen molar-refractivity contribution < 1.29 is 22.8 Å². The van der Waals surface area contributed by atoms with Gasteiger partial charge in [-0.05, 0) is 62.1 Å². The van der Waals surface area contributed by atoms with Crippen molar-refractivity contribution in [3.05, 3.63) is 35.4 Å². The van der Waals surface area contributed by atoms with E-state index < -0.39 is 17.8 Å². The first-order valence-corrected chi connectivity index (χ1v) is 10.1. The molecule has 152 valence electrons. The molecule has 0 aromatic heterocycles. The molecule has 0 spiro atoms. The molecule has 0 radical (unpaired) electrons. The third-order valence-corrected chi connectivity index (χ3v) is 6.02. The van der Waals surface area contributed by atoms with Crippen molar-refractivity contribution in [3.63, 3.8) is 0 Å². The van der Waals surface area contributed by atoms with Crippen LogP contribution in [0.15, 0.2) is 24.3 Å². The number of nitrogens with zero attached hydrogens (tertiary/aromatic N) is 1. The molecular weight excluding hydrogens is 369 g/mol. The fourth-order valence-electron chi connectivity index (χ4n) is 3.97. The number of halogens is 3. The van der Waals surface area contributed by atoms with Gasteiger partial charge in [0.05, 0.1) is 17.5 Å². The topological polar surface area (TPSA) is 49.4 Å². The average Bonchev–Trinajstić information content (AvgIpc) is 3.57. The lowest BCUT2D eigenvalue weighted by Crippen LogP contribution is -2.47. The van der Waals surface area contributed by atoms with Crippen LogP contribution in [0.4, 0.5) is 13.2 Å². The Morgan fingerprint density at radius 2 is 1.75 bits per heavy atom. The predicted molar refractivity (Wildman–Crippen MR) is 97.1 cm³/mol. The summed E-state index contributed by atoms with van der Waals surface area (Å²) in [5.41, 5.74) is -0.200. The number of carbonyl (C=O) groups excluding carboxylic acids is 2. The lowest BCUT2D eigenvalue weighted by Gasteiger charge is -2.40. The van der Waals surface area contributed by atoms with Gasteiger partial charge in [0, 0.05) is 19.0 Å². The molecule has 1 aliphatic heterocycles. The Morgan fingerprint density at radius 3 is 2.39 bits per heavy atom. The molecule has 2 amide bonds. The molecule has 2 atom stereocenters. The van der Waals surface area contributed by atoms with E-state index in [1.165, 1.54) is 6.07 Å².